The Labute approximate surface area is 82.2 Å². The van der Waals surface area contributed by atoms with Crippen molar-refractivity contribution in [2.24, 2.45) is 0 Å². The van der Waals surface area contributed by atoms with E-state index in [0.29, 0.717) is 12.0 Å². The fourth-order valence-electron chi connectivity index (χ4n) is 1.27. The Kier molecular flexibility index (Phi) is 3.98. The molecule has 1 rings (SSSR count). The molecule has 4 heteroatoms. The number of nitrogens with zero attached hydrogens (tertiary/aromatic N) is 1. The third-order valence-corrected chi connectivity index (χ3v) is 2.02. The Morgan fingerprint density at radius 1 is 1.43 bits per heavy atom. The number of hydrogen-bond acceptors (Lipinski definition) is 3. The van der Waals surface area contributed by atoms with Crippen LogP contribution in [0, 0.1) is 5.82 Å². The van der Waals surface area contributed by atoms with Gasteiger partial charge in [-0.25, -0.2) is 4.39 Å². The highest BCUT2D eigenvalue weighted by atomic mass is 19.1. The van der Waals surface area contributed by atoms with Gasteiger partial charge in [0.15, 0.2) is 0 Å². The highest BCUT2D eigenvalue weighted by molar-refractivity contribution is 5.14. The van der Waals surface area contributed by atoms with Gasteiger partial charge in [-0.2, -0.15) is 0 Å². The van der Waals surface area contributed by atoms with Crippen molar-refractivity contribution in [2.45, 2.75) is 32.0 Å². The van der Waals surface area contributed by atoms with Crippen molar-refractivity contribution in [3.05, 3.63) is 29.8 Å². The summed E-state index contributed by atoms with van der Waals surface area (Å²) in [4.78, 5) is 3.60. The van der Waals surface area contributed by atoms with Crippen LogP contribution >= 0.6 is 0 Å². The van der Waals surface area contributed by atoms with Crippen LogP contribution in [0.2, 0.25) is 0 Å². The number of aromatic nitrogens is 1. The van der Waals surface area contributed by atoms with Crippen LogP contribution in [0.1, 0.15) is 31.4 Å². The summed E-state index contributed by atoms with van der Waals surface area (Å²) in [5, 5.41) is 19.0. The Bertz CT molecular complexity index is 293. The van der Waals surface area contributed by atoms with Gasteiger partial charge in [0.1, 0.15) is 11.9 Å². The van der Waals surface area contributed by atoms with Crippen molar-refractivity contribution in [2.75, 3.05) is 0 Å². The van der Waals surface area contributed by atoms with Crippen molar-refractivity contribution in [1.29, 1.82) is 0 Å². The molecule has 0 radical (unpaired) electrons. The lowest BCUT2D eigenvalue weighted by molar-refractivity contribution is 0.0127. The standard InChI is InChI=1S/C10H14FNO2/c1-2-3-9(13)10(14)7-4-8(11)6-12-5-7/h4-6,9-10,13-14H,2-3H2,1H3. The molecule has 0 aliphatic carbocycles. The van der Waals surface area contributed by atoms with Crippen molar-refractivity contribution >= 4 is 0 Å². The van der Waals surface area contributed by atoms with Gasteiger partial charge in [0, 0.05) is 11.8 Å². The fourth-order valence-corrected chi connectivity index (χ4v) is 1.27. The van der Waals surface area contributed by atoms with E-state index in [0.717, 1.165) is 12.6 Å². The molecule has 0 bridgehead atoms. The normalized spacial score (nSPS) is 15.1. The predicted octanol–water partition coefficient (Wildman–Crippen LogP) is 1.42. The summed E-state index contributed by atoms with van der Waals surface area (Å²) in [6.07, 6.45) is 1.75. The Morgan fingerprint density at radius 2 is 2.14 bits per heavy atom. The van der Waals surface area contributed by atoms with Crippen molar-refractivity contribution in [1.82, 2.24) is 4.98 Å². The van der Waals surface area contributed by atoms with Gasteiger partial charge in [0.2, 0.25) is 0 Å². The summed E-state index contributed by atoms with van der Waals surface area (Å²) < 4.78 is 12.7. The first-order valence-corrected chi connectivity index (χ1v) is 4.61. The number of aliphatic hydroxyl groups excluding tert-OH is 2. The highest BCUT2D eigenvalue weighted by Gasteiger charge is 2.17. The zero-order valence-electron chi connectivity index (χ0n) is 8.02. The largest absolute Gasteiger partial charge is 0.390 e. The first kappa shape index (κ1) is 11.1. The molecular weight excluding hydrogens is 185 g/mol. The van der Waals surface area contributed by atoms with Crippen LogP contribution in [0.3, 0.4) is 0 Å². The highest BCUT2D eigenvalue weighted by Crippen LogP contribution is 2.19. The maximum atomic E-state index is 12.7. The average Bonchev–Trinajstić information content (AvgIpc) is 2.17. The molecule has 0 fully saturated rings. The van der Waals surface area contributed by atoms with Gasteiger partial charge in [0.05, 0.1) is 12.3 Å². The topological polar surface area (TPSA) is 53.4 Å². The molecule has 1 aromatic heterocycles. The molecule has 1 heterocycles. The van der Waals surface area contributed by atoms with Crippen LogP contribution in [0.25, 0.3) is 0 Å². The molecule has 14 heavy (non-hydrogen) atoms. The summed E-state index contributed by atoms with van der Waals surface area (Å²) in [6, 6.07) is 1.18. The van der Waals surface area contributed by atoms with E-state index in [9.17, 15) is 14.6 Å². The molecular formula is C10H14FNO2. The van der Waals surface area contributed by atoms with Crippen LogP contribution in [0.5, 0.6) is 0 Å². The van der Waals surface area contributed by atoms with Crippen molar-refractivity contribution in [3.63, 3.8) is 0 Å². The second-order valence-electron chi connectivity index (χ2n) is 3.24. The van der Waals surface area contributed by atoms with E-state index in [2.05, 4.69) is 4.98 Å². The van der Waals surface area contributed by atoms with Crippen molar-refractivity contribution in [3.8, 4) is 0 Å². The molecule has 1 aromatic rings. The minimum atomic E-state index is -1.06. The van der Waals surface area contributed by atoms with Crippen LogP contribution in [0.15, 0.2) is 18.5 Å². The second kappa shape index (κ2) is 5.02. The van der Waals surface area contributed by atoms with Gasteiger partial charge in [-0.15, -0.1) is 0 Å². The van der Waals surface area contributed by atoms with Crippen molar-refractivity contribution < 1.29 is 14.6 Å². The maximum absolute atomic E-state index is 12.7. The number of pyridine rings is 1. The molecule has 2 unspecified atom stereocenters. The van der Waals surface area contributed by atoms with Crippen LogP contribution in [-0.4, -0.2) is 21.3 Å². The van der Waals surface area contributed by atoms with E-state index in [1.54, 1.807) is 0 Å². The molecule has 0 amide bonds. The minimum absolute atomic E-state index is 0.311. The fraction of sp³-hybridized carbons (Fsp3) is 0.500. The van der Waals surface area contributed by atoms with E-state index in [4.69, 9.17) is 0 Å². The summed E-state index contributed by atoms with van der Waals surface area (Å²) >= 11 is 0. The lowest BCUT2D eigenvalue weighted by Gasteiger charge is -2.16. The predicted molar refractivity (Wildman–Crippen MR) is 50.1 cm³/mol. The molecule has 2 atom stereocenters. The lowest BCUT2D eigenvalue weighted by Crippen LogP contribution is -2.18. The SMILES string of the molecule is CCCC(O)C(O)c1cncc(F)c1. The molecule has 0 aliphatic heterocycles. The number of hydrogen-bond donors (Lipinski definition) is 2. The summed E-state index contributed by atoms with van der Waals surface area (Å²) in [5.41, 5.74) is 0.311. The molecule has 2 N–H and O–H groups in total. The molecule has 0 aliphatic rings. The van der Waals surface area contributed by atoms with Gasteiger partial charge in [-0.1, -0.05) is 13.3 Å². The molecule has 0 saturated carbocycles. The number of rotatable bonds is 4. The van der Waals surface area contributed by atoms with Gasteiger partial charge < -0.3 is 10.2 Å². The average molecular weight is 199 g/mol. The first-order valence-electron chi connectivity index (χ1n) is 4.61. The van der Waals surface area contributed by atoms with Gasteiger partial charge in [0.25, 0.3) is 0 Å². The summed E-state index contributed by atoms with van der Waals surface area (Å²) in [5.74, 6) is -0.509. The Balaban J connectivity index is 2.73. The third kappa shape index (κ3) is 2.75. The van der Waals surface area contributed by atoms with E-state index in [1.807, 2.05) is 6.92 Å². The number of aliphatic hydroxyl groups is 2. The Morgan fingerprint density at radius 3 is 2.71 bits per heavy atom. The molecule has 0 aromatic carbocycles. The first-order chi connectivity index (χ1) is 6.65. The van der Waals surface area contributed by atoms with E-state index < -0.39 is 18.0 Å². The monoisotopic (exact) mass is 199 g/mol. The lowest BCUT2D eigenvalue weighted by atomic mass is 10.0. The van der Waals surface area contributed by atoms with Gasteiger partial charge >= 0.3 is 0 Å². The third-order valence-electron chi connectivity index (χ3n) is 2.02. The van der Waals surface area contributed by atoms with E-state index in [1.165, 1.54) is 12.3 Å². The van der Waals surface area contributed by atoms with E-state index >= 15 is 0 Å². The summed E-state index contributed by atoms with van der Waals surface area (Å²) in [6.45, 7) is 1.90. The Hall–Kier alpha value is -1.00. The van der Waals surface area contributed by atoms with Crippen LogP contribution < -0.4 is 0 Å². The quantitative estimate of drug-likeness (QED) is 0.771. The molecule has 78 valence electrons. The molecule has 3 nitrogen and oxygen atoms in total. The second-order valence-corrected chi connectivity index (χ2v) is 3.24. The maximum Gasteiger partial charge on any atom is 0.141 e. The zero-order valence-corrected chi connectivity index (χ0v) is 8.02. The van der Waals surface area contributed by atoms with Gasteiger partial charge in [-0.3, -0.25) is 4.98 Å². The smallest absolute Gasteiger partial charge is 0.141 e. The number of halogens is 1. The van der Waals surface area contributed by atoms with E-state index in [-0.39, 0.29) is 0 Å². The molecule has 0 spiro atoms. The van der Waals surface area contributed by atoms with Gasteiger partial charge in [-0.05, 0) is 12.5 Å². The van der Waals surface area contributed by atoms with Crippen LogP contribution in [0.4, 0.5) is 4.39 Å². The molecule has 0 saturated heterocycles. The minimum Gasteiger partial charge on any atom is -0.390 e. The van der Waals surface area contributed by atoms with Crippen LogP contribution in [-0.2, 0) is 0 Å². The summed E-state index contributed by atoms with van der Waals surface area (Å²) in [7, 11) is 0. The zero-order chi connectivity index (χ0) is 10.6.